The summed E-state index contributed by atoms with van der Waals surface area (Å²) >= 11 is 0. The summed E-state index contributed by atoms with van der Waals surface area (Å²) in [6.45, 7) is 1.16. The van der Waals surface area contributed by atoms with Crippen LogP contribution in [0.5, 0.6) is 0 Å². The summed E-state index contributed by atoms with van der Waals surface area (Å²) in [5.74, 6) is 0.297. The lowest BCUT2D eigenvalue weighted by Crippen LogP contribution is -2.35. The summed E-state index contributed by atoms with van der Waals surface area (Å²) < 4.78 is 41.2. The van der Waals surface area contributed by atoms with Gasteiger partial charge in [0.15, 0.2) is 17.5 Å². The zero-order chi connectivity index (χ0) is 23.9. The number of halogens is 3. The molecule has 1 N–H and O–H groups in total. The lowest BCUT2D eigenvalue weighted by Gasteiger charge is -2.31. The van der Waals surface area contributed by atoms with Gasteiger partial charge in [0.25, 0.3) is 0 Å². The minimum atomic E-state index is -0.823. The Labute approximate surface area is 199 Å². The van der Waals surface area contributed by atoms with Gasteiger partial charge in [-0.25, -0.2) is 33.1 Å². The Morgan fingerprint density at radius 2 is 1.77 bits per heavy atom. The first-order valence-corrected chi connectivity index (χ1v) is 11.6. The van der Waals surface area contributed by atoms with Crippen LogP contribution >= 0.6 is 0 Å². The van der Waals surface area contributed by atoms with Gasteiger partial charge >= 0.3 is 0 Å². The van der Waals surface area contributed by atoms with Crippen LogP contribution in [0.3, 0.4) is 0 Å². The van der Waals surface area contributed by atoms with Gasteiger partial charge < -0.3 is 10.2 Å². The minimum Gasteiger partial charge on any atom is -0.356 e. The molecule has 6 rings (SSSR count). The minimum absolute atomic E-state index is 0.136. The van der Waals surface area contributed by atoms with E-state index in [1.54, 1.807) is 24.5 Å². The Morgan fingerprint density at radius 3 is 2.54 bits per heavy atom. The maximum Gasteiger partial charge on any atom is 0.168 e. The van der Waals surface area contributed by atoms with Crippen molar-refractivity contribution in [1.29, 1.82) is 0 Å². The fraction of sp³-hybridized carbons (Fsp3) is 0.320. The topological polar surface area (TPSA) is 79.7 Å². The fourth-order valence-electron chi connectivity index (χ4n) is 4.48. The number of alkyl halides is 1. The molecule has 178 valence electrons. The van der Waals surface area contributed by atoms with Crippen molar-refractivity contribution in [1.82, 2.24) is 24.9 Å². The number of hydrogen-bond donors (Lipinski definition) is 1. The van der Waals surface area contributed by atoms with Gasteiger partial charge in [-0.05, 0) is 49.3 Å². The molecule has 10 heteroatoms. The molecule has 35 heavy (non-hydrogen) atoms. The highest BCUT2D eigenvalue weighted by Crippen LogP contribution is 2.45. The Kier molecular flexibility index (Phi) is 5.43. The zero-order valence-corrected chi connectivity index (χ0v) is 18.8. The van der Waals surface area contributed by atoms with Crippen LogP contribution in [-0.4, -0.2) is 44.2 Å². The van der Waals surface area contributed by atoms with E-state index in [4.69, 9.17) is 9.97 Å². The molecule has 4 aromatic rings. The fourth-order valence-corrected chi connectivity index (χ4v) is 4.48. The highest BCUT2D eigenvalue weighted by molar-refractivity contribution is 5.94. The molecular weight excluding hydrogens is 455 g/mol. The third-order valence-electron chi connectivity index (χ3n) is 6.43. The maximum atomic E-state index is 14.1. The predicted octanol–water partition coefficient (Wildman–Crippen LogP) is 5.32. The highest BCUT2D eigenvalue weighted by atomic mass is 19.1. The van der Waals surface area contributed by atoms with E-state index in [1.807, 2.05) is 6.20 Å². The van der Waals surface area contributed by atoms with Crippen molar-refractivity contribution in [2.75, 3.05) is 23.3 Å². The van der Waals surface area contributed by atoms with Crippen LogP contribution in [0.4, 0.5) is 30.6 Å². The van der Waals surface area contributed by atoms with Crippen LogP contribution in [0.15, 0.2) is 43.0 Å². The van der Waals surface area contributed by atoms with Crippen molar-refractivity contribution in [3.8, 4) is 11.4 Å². The number of anilines is 3. The van der Waals surface area contributed by atoms with E-state index in [-0.39, 0.29) is 5.82 Å². The predicted molar refractivity (Wildman–Crippen MR) is 126 cm³/mol. The van der Waals surface area contributed by atoms with Gasteiger partial charge in [-0.2, -0.15) is 0 Å². The number of rotatable bonds is 5. The molecule has 5 heterocycles. The summed E-state index contributed by atoms with van der Waals surface area (Å²) in [6.07, 6.45) is 8.47. The van der Waals surface area contributed by atoms with Crippen molar-refractivity contribution in [3.63, 3.8) is 0 Å². The molecule has 1 saturated carbocycles. The summed E-state index contributed by atoms with van der Waals surface area (Å²) in [5, 5.41) is 3.76. The van der Waals surface area contributed by atoms with Crippen LogP contribution in [0.25, 0.3) is 22.3 Å². The van der Waals surface area contributed by atoms with Crippen molar-refractivity contribution in [3.05, 3.63) is 60.2 Å². The van der Waals surface area contributed by atoms with Gasteiger partial charge in [0.05, 0.1) is 17.9 Å². The monoisotopic (exact) mass is 477 g/mol. The molecule has 0 bridgehead atoms. The van der Waals surface area contributed by atoms with Gasteiger partial charge in [0.2, 0.25) is 0 Å². The first-order valence-electron chi connectivity index (χ1n) is 11.6. The number of piperidine rings is 1. The molecule has 4 aromatic heterocycles. The van der Waals surface area contributed by atoms with Crippen LogP contribution in [0.1, 0.15) is 37.2 Å². The molecule has 2 aliphatic rings. The molecule has 0 amide bonds. The second kappa shape index (κ2) is 8.75. The molecule has 0 unspecified atom stereocenters. The van der Waals surface area contributed by atoms with Crippen LogP contribution < -0.4 is 10.2 Å². The van der Waals surface area contributed by atoms with Crippen LogP contribution in [-0.2, 0) is 0 Å². The molecule has 1 aliphatic carbocycles. The zero-order valence-electron chi connectivity index (χ0n) is 18.8. The van der Waals surface area contributed by atoms with Gasteiger partial charge in [-0.15, -0.1) is 0 Å². The molecular formula is C25H22F3N7. The molecule has 1 aliphatic heterocycles. The Hall–Kier alpha value is -3.82. The number of aromatic nitrogens is 5. The summed E-state index contributed by atoms with van der Waals surface area (Å²) in [6, 6.07) is 4.20. The van der Waals surface area contributed by atoms with Gasteiger partial charge in [0.1, 0.15) is 23.6 Å². The van der Waals surface area contributed by atoms with E-state index in [0.717, 1.165) is 47.4 Å². The Bertz CT molecular complexity index is 1400. The summed E-state index contributed by atoms with van der Waals surface area (Å²) in [4.78, 5) is 24.3. The molecule has 0 spiro atoms. The standard InChI is InChI=1S/C25H22F3N7/c26-16-4-7-35(8-5-16)25-22-18(14-1-2-14)12-29-13-20(22)32-23(34-25)15-3-6-30-21(9-15)33-24-19(28)10-17(27)11-31-24/h3,6,9-14,16H,1-2,4-5,7-8H2,(H,30,31,33). The van der Waals surface area contributed by atoms with Gasteiger partial charge in [-0.1, -0.05) is 0 Å². The third-order valence-corrected chi connectivity index (χ3v) is 6.43. The van der Waals surface area contributed by atoms with Gasteiger partial charge in [-0.3, -0.25) is 4.98 Å². The van der Waals surface area contributed by atoms with Crippen molar-refractivity contribution in [2.45, 2.75) is 37.8 Å². The lowest BCUT2D eigenvalue weighted by molar-refractivity contribution is 0.277. The first kappa shape index (κ1) is 21.7. The number of nitrogens with one attached hydrogen (secondary N) is 1. The molecule has 1 saturated heterocycles. The molecule has 0 aromatic carbocycles. The third kappa shape index (κ3) is 4.36. The van der Waals surface area contributed by atoms with E-state index in [0.29, 0.717) is 49.1 Å². The lowest BCUT2D eigenvalue weighted by atomic mass is 10.0. The number of pyridine rings is 3. The normalized spacial score (nSPS) is 16.6. The van der Waals surface area contributed by atoms with Crippen molar-refractivity contribution < 1.29 is 13.2 Å². The smallest absolute Gasteiger partial charge is 0.168 e. The average molecular weight is 477 g/mol. The number of nitrogens with zero attached hydrogens (tertiary/aromatic N) is 6. The number of fused-ring (bicyclic) bond motifs is 1. The highest BCUT2D eigenvalue weighted by Gasteiger charge is 2.30. The summed E-state index contributed by atoms with van der Waals surface area (Å²) in [7, 11) is 0. The second-order valence-corrected chi connectivity index (χ2v) is 8.97. The van der Waals surface area contributed by atoms with Crippen LogP contribution in [0.2, 0.25) is 0 Å². The van der Waals surface area contributed by atoms with E-state index < -0.39 is 17.8 Å². The Morgan fingerprint density at radius 1 is 0.943 bits per heavy atom. The number of hydrogen-bond acceptors (Lipinski definition) is 7. The van der Waals surface area contributed by atoms with E-state index in [9.17, 15) is 13.2 Å². The van der Waals surface area contributed by atoms with Gasteiger partial charge in [0, 0.05) is 42.5 Å². The van der Waals surface area contributed by atoms with E-state index >= 15 is 0 Å². The average Bonchev–Trinajstić information content (AvgIpc) is 3.71. The van der Waals surface area contributed by atoms with E-state index in [2.05, 4.69) is 25.2 Å². The van der Waals surface area contributed by atoms with E-state index in [1.165, 1.54) is 0 Å². The first-order chi connectivity index (χ1) is 17.0. The van der Waals surface area contributed by atoms with Crippen molar-refractivity contribution in [2.24, 2.45) is 0 Å². The molecule has 0 atom stereocenters. The summed E-state index contributed by atoms with van der Waals surface area (Å²) in [5.41, 5.74) is 2.53. The molecule has 0 radical (unpaired) electrons. The molecule has 2 fully saturated rings. The Balaban J connectivity index is 1.42. The second-order valence-electron chi connectivity index (χ2n) is 8.97. The maximum absolute atomic E-state index is 14.1. The quantitative estimate of drug-likeness (QED) is 0.417. The largest absolute Gasteiger partial charge is 0.356 e. The van der Waals surface area contributed by atoms with Crippen molar-refractivity contribution >= 4 is 28.4 Å². The SMILES string of the molecule is Fc1cnc(Nc2cc(-c3nc(N4CCC(F)CC4)c4c(C5CC5)cncc4n3)ccn2)c(F)c1. The van der Waals surface area contributed by atoms with Crippen LogP contribution in [0, 0.1) is 11.6 Å². The molecule has 7 nitrogen and oxygen atoms in total.